The number of hydroxylamine groups is 2. The highest BCUT2D eigenvalue weighted by Crippen LogP contribution is 2.46. The molecule has 2 aliphatic heterocycles. The average Bonchev–Trinajstić information content (AvgIpc) is 2.33. The van der Waals surface area contributed by atoms with E-state index in [4.69, 9.17) is 0 Å². The third-order valence-electron chi connectivity index (χ3n) is 3.82. The molecule has 2 heteroatoms. The van der Waals surface area contributed by atoms with E-state index in [9.17, 15) is 5.21 Å². The smallest absolute Gasteiger partial charge is 0.0879 e. The SMILES string of the molecule is [O-][NH+]1C2CC3CC1CC3C2. The molecule has 1 N–H and O–H groups in total. The highest BCUT2D eigenvalue weighted by atomic mass is 16.5. The standard InChI is InChI=1S/C8H13NO/c10-9-7-1-5-2-8(9)4-6(5)3-7/h5-9H,1-4H2. The molecule has 0 amide bonds. The average molecular weight is 139 g/mol. The Balaban J connectivity index is 1.98. The van der Waals surface area contributed by atoms with Gasteiger partial charge in [-0.25, -0.2) is 0 Å². The van der Waals surface area contributed by atoms with E-state index in [1.165, 1.54) is 25.7 Å². The topological polar surface area (TPSA) is 27.5 Å². The zero-order valence-electron chi connectivity index (χ0n) is 6.05. The molecule has 2 nitrogen and oxygen atoms in total. The molecule has 10 heavy (non-hydrogen) atoms. The van der Waals surface area contributed by atoms with Crippen molar-refractivity contribution in [1.29, 1.82) is 0 Å². The van der Waals surface area contributed by atoms with E-state index >= 15 is 0 Å². The molecule has 4 fully saturated rings. The van der Waals surface area contributed by atoms with Crippen LogP contribution in [0.1, 0.15) is 25.7 Å². The Bertz CT molecular complexity index is 141. The normalized spacial score (nSPS) is 63.9. The fourth-order valence-corrected chi connectivity index (χ4v) is 3.41. The summed E-state index contributed by atoms with van der Waals surface area (Å²) in [5, 5.41) is 12.0. The molecule has 2 saturated carbocycles. The summed E-state index contributed by atoms with van der Waals surface area (Å²) in [4.78, 5) is 0. The van der Waals surface area contributed by atoms with Crippen LogP contribution in [0.25, 0.3) is 0 Å². The van der Waals surface area contributed by atoms with Crippen molar-refractivity contribution in [2.45, 2.75) is 37.8 Å². The first-order valence-corrected chi connectivity index (χ1v) is 4.38. The summed E-state index contributed by atoms with van der Waals surface area (Å²) >= 11 is 0. The molecule has 4 aliphatic rings. The first kappa shape index (κ1) is 5.56. The lowest BCUT2D eigenvalue weighted by molar-refractivity contribution is -0.908. The van der Waals surface area contributed by atoms with Crippen LogP contribution in [0.2, 0.25) is 0 Å². The molecule has 0 unspecified atom stereocenters. The summed E-state index contributed by atoms with van der Waals surface area (Å²) in [5.74, 6) is 1.93. The molecule has 0 spiro atoms. The monoisotopic (exact) mass is 139 g/mol. The van der Waals surface area contributed by atoms with E-state index < -0.39 is 0 Å². The van der Waals surface area contributed by atoms with Gasteiger partial charge in [0.1, 0.15) is 0 Å². The zero-order chi connectivity index (χ0) is 6.72. The summed E-state index contributed by atoms with van der Waals surface area (Å²) in [5.41, 5.74) is 0. The van der Waals surface area contributed by atoms with Crippen LogP contribution < -0.4 is 5.06 Å². The van der Waals surface area contributed by atoms with Gasteiger partial charge in [-0.2, -0.15) is 0 Å². The van der Waals surface area contributed by atoms with Crippen molar-refractivity contribution in [1.82, 2.24) is 0 Å². The van der Waals surface area contributed by atoms with Crippen molar-refractivity contribution >= 4 is 0 Å². The van der Waals surface area contributed by atoms with E-state index in [0.29, 0.717) is 17.1 Å². The molecular formula is C8H13NO. The second kappa shape index (κ2) is 1.56. The van der Waals surface area contributed by atoms with Crippen molar-refractivity contribution in [3.05, 3.63) is 5.21 Å². The third kappa shape index (κ3) is 0.487. The van der Waals surface area contributed by atoms with Crippen LogP contribution in [0.15, 0.2) is 0 Å². The number of quaternary nitrogens is 1. The number of nitrogens with one attached hydrogen (secondary N) is 1. The summed E-state index contributed by atoms with van der Waals surface area (Å²) in [6, 6.07) is 1.03. The maximum Gasteiger partial charge on any atom is 0.0879 e. The Labute approximate surface area is 60.8 Å². The minimum absolute atomic E-state index is 0.516. The van der Waals surface area contributed by atoms with E-state index in [2.05, 4.69) is 0 Å². The van der Waals surface area contributed by atoms with Gasteiger partial charge >= 0.3 is 0 Å². The Morgan fingerprint density at radius 3 is 1.70 bits per heavy atom. The molecule has 2 aliphatic carbocycles. The Hall–Kier alpha value is -0.0800. The molecule has 0 atom stereocenters. The van der Waals surface area contributed by atoms with Gasteiger partial charge in [0.25, 0.3) is 0 Å². The van der Waals surface area contributed by atoms with Gasteiger partial charge < -0.3 is 10.3 Å². The fourth-order valence-electron chi connectivity index (χ4n) is 3.41. The van der Waals surface area contributed by atoms with Crippen molar-refractivity contribution in [2.24, 2.45) is 11.8 Å². The van der Waals surface area contributed by atoms with E-state index in [-0.39, 0.29) is 0 Å². The van der Waals surface area contributed by atoms with Crippen LogP contribution in [0, 0.1) is 17.0 Å². The molecule has 2 heterocycles. The lowest BCUT2D eigenvalue weighted by Gasteiger charge is -2.39. The summed E-state index contributed by atoms with van der Waals surface area (Å²) < 4.78 is 0. The lowest BCUT2D eigenvalue weighted by atomic mass is 10.0. The van der Waals surface area contributed by atoms with Gasteiger partial charge in [-0.3, -0.25) is 0 Å². The Kier molecular flexibility index (Phi) is 0.868. The van der Waals surface area contributed by atoms with Crippen LogP contribution in [-0.4, -0.2) is 12.1 Å². The summed E-state index contributed by atoms with van der Waals surface area (Å²) in [7, 11) is 0. The minimum Gasteiger partial charge on any atom is -0.634 e. The first-order valence-electron chi connectivity index (χ1n) is 4.38. The largest absolute Gasteiger partial charge is 0.634 e. The highest BCUT2D eigenvalue weighted by molar-refractivity contribution is 4.96. The molecule has 0 aromatic carbocycles. The molecule has 4 rings (SSSR count). The molecule has 0 radical (unpaired) electrons. The predicted octanol–water partition coefficient (Wildman–Crippen LogP) is -0.0601. The van der Waals surface area contributed by atoms with Crippen molar-refractivity contribution < 1.29 is 5.06 Å². The van der Waals surface area contributed by atoms with Gasteiger partial charge in [0, 0.05) is 25.7 Å². The van der Waals surface area contributed by atoms with Crippen molar-refractivity contribution in [3.8, 4) is 0 Å². The zero-order valence-corrected chi connectivity index (χ0v) is 6.05. The second-order valence-corrected chi connectivity index (χ2v) is 4.26. The van der Waals surface area contributed by atoms with Crippen LogP contribution >= 0.6 is 0 Å². The molecule has 56 valence electrons. The lowest BCUT2D eigenvalue weighted by Crippen LogP contribution is -3.15. The first-order chi connectivity index (χ1) is 4.84. The highest BCUT2D eigenvalue weighted by Gasteiger charge is 2.52. The third-order valence-corrected chi connectivity index (χ3v) is 3.82. The molecular weight excluding hydrogens is 126 g/mol. The minimum atomic E-state index is 0.516. The van der Waals surface area contributed by atoms with Crippen LogP contribution in [0.4, 0.5) is 0 Å². The predicted molar refractivity (Wildman–Crippen MR) is 37.4 cm³/mol. The Morgan fingerprint density at radius 1 is 0.900 bits per heavy atom. The molecule has 0 aromatic heterocycles. The van der Waals surface area contributed by atoms with Gasteiger partial charge in [0.15, 0.2) is 0 Å². The van der Waals surface area contributed by atoms with Gasteiger partial charge in [-0.1, -0.05) is 0 Å². The molecule has 0 aromatic rings. The molecule has 2 saturated heterocycles. The number of hydrogen-bond acceptors (Lipinski definition) is 1. The quantitative estimate of drug-likeness (QED) is 0.468. The summed E-state index contributed by atoms with van der Waals surface area (Å²) in [6.45, 7) is 0. The van der Waals surface area contributed by atoms with Gasteiger partial charge in [-0.05, 0) is 11.8 Å². The number of hydrogen-bond donors (Lipinski definition) is 1. The van der Waals surface area contributed by atoms with E-state index in [1.54, 1.807) is 0 Å². The van der Waals surface area contributed by atoms with E-state index in [1.807, 2.05) is 0 Å². The maximum atomic E-state index is 11.4. The maximum absolute atomic E-state index is 11.4. The number of piperidine rings is 2. The van der Waals surface area contributed by atoms with Gasteiger partial charge in [-0.15, -0.1) is 0 Å². The van der Waals surface area contributed by atoms with Gasteiger partial charge in [0.05, 0.1) is 12.1 Å². The second-order valence-electron chi connectivity index (χ2n) is 4.26. The van der Waals surface area contributed by atoms with E-state index in [0.717, 1.165) is 11.8 Å². The summed E-state index contributed by atoms with van der Waals surface area (Å²) in [6.07, 6.45) is 5.00. The van der Waals surface area contributed by atoms with Gasteiger partial charge in [0.2, 0.25) is 0 Å². The van der Waals surface area contributed by atoms with Crippen LogP contribution in [0.5, 0.6) is 0 Å². The fraction of sp³-hybridized carbons (Fsp3) is 1.00. The number of rotatable bonds is 0. The molecule has 4 bridgehead atoms. The van der Waals surface area contributed by atoms with Crippen LogP contribution in [0.3, 0.4) is 0 Å². The Morgan fingerprint density at radius 2 is 1.30 bits per heavy atom. The van der Waals surface area contributed by atoms with Crippen LogP contribution in [-0.2, 0) is 0 Å². The van der Waals surface area contributed by atoms with Crippen molar-refractivity contribution in [2.75, 3.05) is 0 Å². The van der Waals surface area contributed by atoms with Crippen molar-refractivity contribution in [3.63, 3.8) is 0 Å².